The van der Waals surface area contributed by atoms with Gasteiger partial charge in [0.2, 0.25) is 0 Å². The molecule has 0 aliphatic carbocycles. The van der Waals surface area contributed by atoms with Crippen LogP contribution in [0.3, 0.4) is 0 Å². The molecule has 10 heteroatoms. The van der Waals surface area contributed by atoms with Gasteiger partial charge in [-0.1, -0.05) is 0 Å². The number of nitrogens with zero attached hydrogens (tertiary/aromatic N) is 1. The summed E-state index contributed by atoms with van der Waals surface area (Å²) >= 11 is 0.530. The summed E-state index contributed by atoms with van der Waals surface area (Å²) in [5, 5.41) is 9.69. The van der Waals surface area contributed by atoms with Gasteiger partial charge in [0.1, 0.15) is 0 Å². The molecule has 27 heavy (non-hydrogen) atoms. The van der Waals surface area contributed by atoms with Gasteiger partial charge >= 0.3 is 173 Å². The minimum atomic E-state index is -1.12. The Morgan fingerprint density at radius 2 is 1.78 bits per heavy atom. The molecule has 0 aliphatic heterocycles. The fourth-order valence-electron chi connectivity index (χ4n) is 2.36. The van der Waals surface area contributed by atoms with Crippen molar-refractivity contribution < 1.29 is 19.5 Å². The summed E-state index contributed by atoms with van der Waals surface area (Å²) in [6, 6.07) is -2.63. The van der Waals surface area contributed by atoms with Crippen molar-refractivity contribution >= 4 is 43.5 Å². The second-order valence-corrected chi connectivity index (χ2v) is 9.56. The zero-order valence-corrected chi connectivity index (χ0v) is 19.0. The Labute approximate surface area is 172 Å². The fraction of sp³-hybridized carbons (Fsp3) is 0.824. The van der Waals surface area contributed by atoms with Gasteiger partial charge in [0, 0.05) is 0 Å². The van der Waals surface area contributed by atoms with E-state index in [-0.39, 0.29) is 10.6 Å². The molecule has 0 fully saturated rings. The van der Waals surface area contributed by atoms with Crippen LogP contribution in [0.2, 0.25) is 0 Å². The van der Waals surface area contributed by atoms with E-state index in [1.807, 2.05) is 13.2 Å². The van der Waals surface area contributed by atoms with Gasteiger partial charge in [0.25, 0.3) is 0 Å². The number of nitrogens with two attached hydrogens (primary N) is 3. The maximum absolute atomic E-state index is 12.9. The Kier molecular flexibility index (Phi) is 14.0. The van der Waals surface area contributed by atoms with E-state index in [2.05, 4.69) is 0 Å². The molecule has 0 radical (unpaired) electrons. The molecule has 0 rings (SSSR count). The first kappa shape index (κ1) is 26.4. The summed E-state index contributed by atoms with van der Waals surface area (Å²) in [5.74, 6) is -1.23. The van der Waals surface area contributed by atoms with E-state index in [1.54, 1.807) is 18.7 Å². The molecule has 0 saturated carbocycles. The van der Waals surface area contributed by atoms with E-state index >= 15 is 0 Å². The summed E-state index contributed by atoms with van der Waals surface area (Å²) in [4.78, 5) is 37.3. The van der Waals surface area contributed by atoms with E-state index < -0.39 is 45.2 Å². The van der Waals surface area contributed by atoms with Crippen molar-refractivity contribution in [1.82, 2.24) is 3.92 Å². The molecular formula is C17H34N4O4SSe. The first-order valence-electron chi connectivity index (χ1n) is 9.18. The standard InChI is InChI=1S/C17H34N4O4SSe/c1-4-11(2)14(16(23)24)21(15(22)12(19)8-10-26-3)27-17(25)13(20)7-5-6-9-18/h11-14H,4-10,18-20H2,1-3H3,(H,23,24). The van der Waals surface area contributed by atoms with Crippen LogP contribution in [0.5, 0.6) is 0 Å². The van der Waals surface area contributed by atoms with Crippen molar-refractivity contribution in [2.45, 2.75) is 64.1 Å². The van der Waals surface area contributed by atoms with Crippen LogP contribution in [0.4, 0.5) is 0 Å². The molecule has 0 aromatic rings. The normalized spacial score (nSPS) is 15.6. The third-order valence-electron chi connectivity index (χ3n) is 4.32. The summed E-state index contributed by atoms with van der Waals surface area (Å²) in [6.07, 6.45) is 4.85. The van der Waals surface area contributed by atoms with Crippen molar-refractivity contribution in [3.8, 4) is 0 Å². The third kappa shape index (κ3) is 9.40. The van der Waals surface area contributed by atoms with Gasteiger partial charge in [-0.25, -0.2) is 0 Å². The molecule has 8 nitrogen and oxygen atoms in total. The van der Waals surface area contributed by atoms with Crippen LogP contribution < -0.4 is 17.2 Å². The number of carboxylic acids is 1. The fourth-order valence-corrected chi connectivity index (χ4v) is 5.12. The Hall–Kier alpha value is -0.641. The molecule has 4 atom stereocenters. The van der Waals surface area contributed by atoms with Gasteiger partial charge in [0.15, 0.2) is 0 Å². The van der Waals surface area contributed by atoms with Crippen LogP contribution in [0.25, 0.3) is 0 Å². The molecule has 0 aromatic carbocycles. The van der Waals surface area contributed by atoms with Gasteiger partial charge in [-0.05, 0) is 0 Å². The van der Waals surface area contributed by atoms with Crippen LogP contribution in [0, 0.1) is 5.92 Å². The van der Waals surface area contributed by atoms with Gasteiger partial charge in [-0.2, -0.15) is 0 Å². The molecule has 0 heterocycles. The van der Waals surface area contributed by atoms with Crippen LogP contribution in [-0.4, -0.2) is 77.4 Å². The minimum absolute atomic E-state index is 0.292. The average molecular weight is 470 g/mol. The number of aliphatic carboxylic acids is 1. The van der Waals surface area contributed by atoms with E-state index in [0.29, 0.717) is 38.0 Å². The van der Waals surface area contributed by atoms with E-state index in [4.69, 9.17) is 17.2 Å². The Morgan fingerprint density at radius 1 is 1.15 bits per heavy atom. The Bertz CT molecular complexity index is 484. The molecule has 1 amide bonds. The van der Waals surface area contributed by atoms with Crippen molar-refractivity contribution in [3.63, 3.8) is 0 Å². The Morgan fingerprint density at radius 3 is 2.26 bits per heavy atom. The zero-order valence-electron chi connectivity index (χ0n) is 16.4. The number of carbonyl (C=O) groups excluding carboxylic acids is 2. The van der Waals surface area contributed by atoms with Gasteiger partial charge in [-0.15, -0.1) is 0 Å². The molecule has 0 aromatic heterocycles. The predicted octanol–water partition coefficient (Wildman–Crippen LogP) is -0.00320. The van der Waals surface area contributed by atoms with Crippen molar-refractivity contribution in [3.05, 3.63) is 0 Å². The number of amides is 1. The molecule has 0 spiro atoms. The molecule has 158 valence electrons. The zero-order chi connectivity index (χ0) is 21.0. The second-order valence-electron chi connectivity index (χ2n) is 6.52. The molecular weight excluding hydrogens is 435 g/mol. The number of hydrogen-bond acceptors (Lipinski definition) is 7. The van der Waals surface area contributed by atoms with Crippen LogP contribution in [0.1, 0.15) is 46.0 Å². The average Bonchev–Trinajstić information content (AvgIpc) is 2.64. The molecule has 0 bridgehead atoms. The third-order valence-corrected chi connectivity index (χ3v) is 7.24. The Balaban J connectivity index is 5.41. The maximum atomic E-state index is 12.9. The molecule has 0 saturated heterocycles. The van der Waals surface area contributed by atoms with Crippen molar-refractivity contribution in [2.24, 2.45) is 23.1 Å². The first-order valence-corrected chi connectivity index (χ1v) is 12.2. The van der Waals surface area contributed by atoms with Crippen LogP contribution in [0.15, 0.2) is 0 Å². The number of unbranched alkanes of at least 4 members (excludes halogenated alkanes) is 1. The topological polar surface area (TPSA) is 153 Å². The van der Waals surface area contributed by atoms with E-state index in [0.717, 1.165) is 6.42 Å². The molecule has 4 unspecified atom stereocenters. The summed E-state index contributed by atoms with van der Waals surface area (Å²) in [5.41, 5.74) is 17.4. The number of carboxylic acid groups (broad SMARTS) is 1. The molecule has 7 N–H and O–H groups in total. The van der Waals surface area contributed by atoms with Crippen molar-refractivity contribution in [1.29, 1.82) is 0 Å². The van der Waals surface area contributed by atoms with Gasteiger partial charge < -0.3 is 0 Å². The summed E-state index contributed by atoms with van der Waals surface area (Å²) < 4.78 is 0.888. The monoisotopic (exact) mass is 470 g/mol. The first-order chi connectivity index (χ1) is 12.7. The second kappa shape index (κ2) is 14.4. The van der Waals surface area contributed by atoms with Gasteiger partial charge in [-0.3, -0.25) is 0 Å². The van der Waals surface area contributed by atoms with Crippen molar-refractivity contribution in [2.75, 3.05) is 18.6 Å². The SMILES string of the molecule is CCC(C)C(C(=O)O)N([Se]C(=O)C(N)CCCCN)C(=O)C(N)CCSC. The number of hydrogen-bond donors (Lipinski definition) is 4. The number of rotatable bonds is 15. The van der Waals surface area contributed by atoms with E-state index in [1.165, 1.54) is 3.92 Å². The summed E-state index contributed by atoms with van der Waals surface area (Å²) in [6.45, 7) is 4.13. The number of thioether (sulfide) groups is 1. The quantitative estimate of drug-likeness (QED) is 0.193. The number of carbonyl (C=O) groups is 3. The molecule has 0 aliphatic rings. The van der Waals surface area contributed by atoms with E-state index in [9.17, 15) is 19.5 Å². The summed E-state index contributed by atoms with van der Waals surface area (Å²) in [7, 11) is 0. The van der Waals surface area contributed by atoms with Crippen LogP contribution in [-0.2, 0) is 14.4 Å². The van der Waals surface area contributed by atoms with Crippen LogP contribution >= 0.6 is 11.8 Å². The van der Waals surface area contributed by atoms with Gasteiger partial charge in [0.05, 0.1) is 0 Å². The predicted molar refractivity (Wildman–Crippen MR) is 110 cm³/mol.